The van der Waals surface area contributed by atoms with Crippen molar-refractivity contribution in [1.82, 2.24) is 5.32 Å². The van der Waals surface area contributed by atoms with E-state index in [1.165, 1.54) is 36.0 Å². The van der Waals surface area contributed by atoms with Crippen LogP contribution in [0.5, 0.6) is 0 Å². The molecule has 0 spiro atoms. The zero-order valence-corrected chi connectivity index (χ0v) is 11.2. The van der Waals surface area contributed by atoms with Gasteiger partial charge < -0.3 is 15.7 Å². The van der Waals surface area contributed by atoms with Crippen molar-refractivity contribution in [3.05, 3.63) is 30.1 Å². The number of hydrogen-bond acceptors (Lipinski definition) is 3. The lowest BCUT2D eigenvalue weighted by molar-refractivity contribution is -0.118. The summed E-state index contributed by atoms with van der Waals surface area (Å²) in [6.45, 7) is 0. The first kappa shape index (κ1) is 15.3. The van der Waals surface area contributed by atoms with Gasteiger partial charge in [0, 0.05) is 5.69 Å². The van der Waals surface area contributed by atoms with Gasteiger partial charge in [0.25, 0.3) is 0 Å². The van der Waals surface area contributed by atoms with E-state index in [2.05, 4.69) is 10.6 Å². The molecule has 104 valence electrons. The summed E-state index contributed by atoms with van der Waals surface area (Å²) < 4.78 is 12.7. The standard InChI is InChI=1S/C12H15FN2O3S/c1-19-7-6-10(15-12(17)18)11(16)14-9-4-2-8(13)3-5-9/h2-5,10,15H,6-7H2,1H3,(H,14,16)(H,17,18)/t10-/m0/s1. The molecule has 0 saturated carbocycles. The van der Waals surface area contributed by atoms with Gasteiger partial charge in [-0.05, 0) is 42.7 Å². The summed E-state index contributed by atoms with van der Waals surface area (Å²) in [5.74, 6) is -0.203. The minimum absolute atomic E-state index is 0.389. The first-order valence-corrected chi connectivity index (χ1v) is 6.97. The van der Waals surface area contributed by atoms with Crippen LogP contribution < -0.4 is 10.6 Å². The Labute approximate surface area is 114 Å². The van der Waals surface area contributed by atoms with E-state index in [0.717, 1.165) is 0 Å². The molecule has 0 fully saturated rings. The fraction of sp³-hybridized carbons (Fsp3) is 0.333. The van der Waals surface area contributed by atoms with Crippen LogP contribution in [0.1, 0.15) is 6.42 Å². The van der Waals surface area contributed by atoms with E-state index in [9.17, 15) is 14.0 Å². The quantitative estimate of drug-likeness (QED) is 0.748. The van der Waals surface area contributed by atoms with Crippen LogP contribution in [0.4, 0.5) is 14.9 Å². The largest absolute Gasteiger partial charge is 0.465 e. The van der Waals surface area contributed by atoms with E-state index in [-0.39, 0.29) is 0 Å². The molecule has 1 aromatic rings. The van der Waals surface area contributed by atoms with Crippen LogP contribution in [0.3, 0.4) is 0 Å². The topological polar surface area (TPSA) is 78.4 Å². The van der Waals surface area contributed by atoms with Gasteiger partial charge in [0.1, 0.15) is 11.9 Å². The Morgan fingerprint density at radius 1 is 1.37 bits per heavy atom. The molecule has 19 heavy (non-hydrogen) atoms. The van der Waals surface area contributed by atoms with Crippen molar-refractivity contribution in [1.29, 1.82) is 0 Å². The van der Waals surface area contributed by atoms with Crippen molar-refractivity contribution in [2.24, 2.45) is 0 Å². The molecule has 0 bridgehead atoms. The van der Waals surface area contributed by atoms with Crippen molar-refractivity contribution in [3.63, 3.8) is 0 Å². The predicted molar refractivity (Wildman–Crippen MR) is 73.0 cm³/mol. The van der Waals surface area contributed by atoms with Crippen LogP contribution >= 0.6 is 11.8 Å². The van der Waals surface area contributed by atoms with Gasteiger partial charge in [-0.15, -0.1) is 0 Å². The molecule has 5 nitrogen and oxygen atoms in total. The molecule has 1 rings (SSSR count). The zero-order valence-electron chi connectivity index (χ0n) is 10.4. The first-order valence-electron chi connectivity index (χ1n) is 5.57. The third kappa shape index (κ3) is 5.60. The Kier molecular flexibility index (Phi) is 6.14. The fourth-order valence-corrected chi connectivity index (χ4v) is 1.89. The van der Waals surface area contributed by atoms with E-state index in [1.807, 2.05) is 6.26 Å². The average molecular weight is 286 g/mol. The maximum Gasteiger partial charge on any atom is 0.405 e. The molecule has 3 N–H and O–H groups in total. The van der Waals surface area contributed by atoms with Gasteiger partial charge in [-0.2, -0.15) is 11.8 Å². The SMILES string of the molecule is CSCC[C@H](NC(=O)O)C(=O)Nc1ccc(F)cc1. The first-order chi connectivity index (χ1) is 9.02. The van der Waals surface area contributed by atoms with E-state index in [0.29, 0.717) is 17.9 Å². The lowest BCUT2D eigenvalue weighted by Gasteiger charge is -2.16. The number of hydrogen-bond donors (Lipinski definition) is 3. The molecule has 2 amide bonds. The normalized spacial score (nSPS) is 11.7. The molecule has 0 unspecified atom stereocenters. The highest BCUT2D eigenvalue weighted by Gasteiger charge is 2.20. The van der Waals surface area contributed by atoms with E-state index >= 15 is 0 Å². The molecule has 0 aliphatic heterocycles. The van der Waals surface area contributed by atoms with Gasteiger partial charge in [0.15, 0.2) is 0 Å². The zero-order chi connectivity index (χ0) is 14.3. The number of carbonyl (C=O) groups excluding carboxylic acids is 1. The highest BCUT2D eigenvalue weighted by Crippen LogP contribution is 2.10. The summed E-state index contributed by atoms with van der Waals surface area (Å²) in [6, 6.07) is 4.45. The van der Waals surface area contributed by atoms with Gasteiger partial charge in [0.05, 0.1) is 0 Å². The number of thioether (sulfide) groups is 1. The smallest absolute Gasteiger partial charge is 0.405 e. The summed E-state index contributed by atoms with van der Waals surface area (Å²) in [6.07, 6.45) is 1.01. The molecule has 0 saturated heterocycles. The number of benzene rings is 1. The second kappa shape index (κ2) is 7.63. The molecule has 0 aromatic heterocycles. The molecule has 7 heteroatoms. The third-order valence-electron chi connectivity index (χ3n) is 2.34. The second-order valence-electron chi connectivity index (χ2n) is 3.78. The van der Waals surface area contributed by atoms with Crippen LogP contribution in [0.2, 0.25) is 0 Å². The van der Waals surface area contributed by atoms with E-state index in [1.54, 1.807) is 0 Å². The minimum atomic E-state index is -1.25. The van der Waals surface area contributed by atoms with Crippen LogP contribution in [-0.4, -0.2) is 35.2 Å². The molecule has 1 atom stereocenters. The van der Waals surface area contributed by atoms with Crippen LogP contribution in [-0.2, 0) is 4.79 Å². The Morgan fingerprint density at radius 2 is 2.00 bits per heavy atom. The van der Waals surface area contributed by atoms with Gasteiger partial charge >= 0.3 is 6.09 Å². The predicted octanol–water partition coefficient (Wildman–Crippen LogP) is 2.15. The molecule has 0 aliphatic rings. The highest BCUT2D eigenvalue weighted by atomic mass is 32.2. The highest BCUT2D eigenvalue weighted by molar-refractivity contribution is 7.98. The summed E-state index contributed by atoms with van der Waals surface area (Å²) >= 11 is 1.52. The number of carbonyl (C=O) groups is 2. The Balaban J connectivity index is 2.64. The number of amides is 2. The molecule has 0 radical (unpaired) electrons. The third-order valence-corrected chi connectivity index (χ3v) is 2.98. The number of halogens is 1. The maximum absolute atomic E-state index is 12.7. The molecule has 0 aliphatic carbocycles. The Morgan fingerprint density at radius 3 is 2.53 bits per heavy atom. The number of rotatable bonds is 6. The van der Waals surface area contributed by atoms with E-state index in [4.69, 9.17) is 5.11 Å². The molecule has 0 heterocycles. The maximum atomic E-state index is 12.7. The van der Waals surface area contributed by atoms with Crippen molar-refractivity contribution in [2.45, 2.75) is 12.5 Å². The molecule has 1 aromatic carbocycles. The monoisotopic (exact) mass is 286 g/mol. The number of anilines is 1. The van der Waals surface area contributed by atoms with Gasteiger partial charge in [-0.3, -0.25) is 4.79 Å². The lowest BCUT2D eigenvalue weighted by atomic mass is 10.2. The summed E-state index contributed by atoms with van der Waals surface area (Å²) in [7, 11) is 0. The van der Waals surface area contributed by atoms with Gasteiger partial charge in [0.2, 0.25) is 5.91 Å². The number of carboxylic acid groups (broad SMARTS) is 1. The number of nitrogens with one attached hydrogen (secondary N) is 2. The van der Waals surface area contributed by atoms with Gasteiger partial charge in [-0.25, -0.2) is 9.18 Å². The van der Waals surface area contributed by atoms with Gasteiger partial charge in [-0.1, -0.05) is 0 Å². The fourth-order valence-electron chi connectivity index (χ4n) is 1.42. The molecular weight excluding hydrogens is 271 g/mol. The lowest BCUT2D eigenvalue weighted by Crippen LogP contribution is -2.43. The van der Waals surface area contributed by atoms with Crippen molar-refractivity contribution in [3.8, 4) is 0 Å². The minimum Gasteiger partial charge on any atom is -0.465 e. The average Bonchev–Trinajstić information content (AvgIpc) is 2.36. The van der Waals surface area contributed by atoms with Crippen LogP contribution in [0.25, 0.3) is 0 Å². The van der Waals surface area contributed by atoms with Crippen molar-refractivity contribution < 1.29 is 19.1 Å². The molecular formula is C12H15FN2O3S. The van der Waals surface area contributed by atoms with Crippen molar-refractivity contribution in [2.75, 3.05) is 17.3 Å². The summed E-state index contributed by atoms with van der Waals surface area (Å²) in [5, 5.41) is 13.4. The summed E-state index contributed by atoms with van der Waals surface area (Å²) in [4.78, 5) is 22.5. The Bertz CT molecular complexity index is 439. The van der Waals surface area contributed by atoms with E-state index < -0.39 is 23.9 Å². The Hall–Kier alpha value is -1.76. The second-order valence-corrected chi connectivity index (χ2v) is 4.77. The van der Waals surface area contributed by atoms with Crippen LogP contribution in [0, 0.1) is 5.82 Å². The summed E-state index contributed by atoms with van der Waals surface area (Å²) in [5.41, 5.74) is 0.424. The van der Waals surface area contributed by atoms with Crippen LogP contribution in [0.15, 0.2) is 24.3 Å². The van der Waals surface area contributed by atoms with Crippen molar-refractivity contribution >= 4 is 29.4 Å².